The Kier molecular flexibility index (Phi) is 4.98. The molecule has 26 heavy (non-hydrogen) atoms. The summed E-state index contributed by atoms with van der Waals surface area (Å²) in [6, 6.07) is 15.8. The van der Waals surface area contributed by atoms with E-state index in [2.05, 4.69) is 5.32 Å². The van der Waals surface area contributed by atoms with Gasteiger partial charge in [0.2, 0.25) is 0 Å². The van der Waals surface area contributed by atoms with E-state index in [0.717, 1.165) is 10.3 Å². The Hall–Kier alpha value is -3.61. The van der Waals surface area contributed by atoms with Crippen LogP contribution in [0.1, 0.15) is 15.9 Å². The van der Waals surface area contributed by atoms with Gasteiger partial charge in [0.15, 0.2) is 0 Å². The molecule has 0 fully saturated rings. The number of nitrogens with zero attached hydrogens (tertiary/aromatic N) is 1. The number of hydrogen-bond acceptors (Lipinski definition) is 5. The number of rotatable bonds is 6. The first-order valence-electron chi connectivity index (χ1n) is 7.89. The van der Waals surface area contributed by atoms with Crippen LogP contribution in [0.4, 0.5) is 0 Å². The van der Waals surface area contributed by atoms with Crippen LogP contribution in [0.3, 0.4) is 0 Å². The monoisotopic (exact) mass is 352 g/mol. The third kappa shape index (κ3) is 3.27. The quantitative estimate of drug-likeness (QED) is 0.651. The largest absolute Gasteiger partial charge is 0.506 e. The van der Waals surface area contributed by atoms with Crippen LogP contribution in [0, 0.1) is 0 Å². The molecule has 0 spiro atoms. The van der Waals surface area contributed by atoms with Crippen molar-refractivity contribution in [1.29, 1.82) is 0 Å². The standard InChI is InChI=1S/C19H16N2O5/c22-11-10-20-18(24)16-17(23)14-8-4-5-9-15(14)21(19(16)25)26-12-13-6-2-1-3-7-13/h1-9,11,23H,10,12H2,(H,20,24). The van der Waals surface area contributed by atoms with Crippen molar-refractivity contribution >= 4 is 23.1 Å². The van der Waals surface area contributed by atoms with Gasteiger partial charge in [-0.15, -0.1) is 4.73 Å². The molecule has 0 unspecified atom stereocenters. The van der Waals surface area contributed by atoms with Crippen molar-refractivity contribution in [3.63, 3.8) is 0 Å². The van der Waals surface area contributed by atoms with Gasteiger partial charge >= 0.3 is 0 Å². The lowest BCUT2D eigenvalue weighted by Crippen LogP contribution is -2.36. The summed E-state index contributed by atoms with van der Waals surface area (Å²) in [5.41, 5.74) is -0.111. The molecule has 7 nitrogen and oxygen atoms in total. The normalized spacial score (nSPS) is 10.5. The number of pyridine rings is 1. The Labute approximate surface area is 148 Å². The van der Waals surface area contributed by atoms with Gasteiger partial charge < -0.3 is 20.1 Å². The van der Waals surface area contributed by atoms with Gasteiger partial charge in [-0.3, -0.25) is 9.59 Å². The second-order valence-electron chi connectivity index (χ2n) is 5.48. The highest BCUT2D eigenvalue weighted by Crippen LogP contribution is 2.25. The minimum Gasteiger partial charge on any atom is -0.506 e. The number of aldehydes is 1. The van der Waals surface area contributed by atoms with Crippen LogP contribution in [0.15, 0.2) is 59.4 Å². The van der Waals surface area contributed by atoms with Crippen LogP contribution in [-0.4, -0.2) is 28.6 Å². The zero-order valence-electron chi connectivity index (χ0n) is 13.7. The third-order valence-corrected chi connectivity index (χ3v) is 3.79. The fourth-order valence-electron chi connectivity index (χ4n) is 2.57. The van der Waals surface area contributed by atoms with Gasteiger partial charge in [-0.25, -0.2) is 0 Å². The van der Waals surface area contributed by atoms with Gasteiger partial charge in [0, 0.05) is 5.39 Å². The highest BCUT2D eigenvalue weighted by Gasteiger charge is 2.22. The van der Waals surface area contributed by atoms with Gasteiger partial charge in [0.25, 0.3) is 11.5 Å². The van der Waals surface area contributed by atoms with Crippen LogP contribution in [0.2, 0.25) is 0 Å². The molecule has 0 atom stereocenters. The minimum absolute atomic E-state index is 0.102. The molecule has 1 heterocycles. The first-order valence-corrected chi connectivity index (χ1v) is 7.89. The topological polar surface area (TPSA) is 97.6 Å². The first kappa shape index (κ1) is 17.2. The second-order valence-corrected chi connectivity index (χ2v) is 5.48. The van der Waals surface area contributed by atoms with E-state index in [9.17, 15) is 19.5 Å². The third-order valence-electron chi connectivity index (χ3n) is 3.79. The van der Waals surface area contributed by atoms with Crippen molar-refractivity contribution in [2.24, 2.45) is 0 Å². The summed E-state index contributed by atoms with van der Waals surface area (Å²) in [6.45, 7) is -0.166. The molecule has 2 aromatic carbocycles. The van der Waals surface area contributed by atoms with E-state index >= 15 is 0 Å². The number of aromatic hydroxyl groups is 1. The van der Waals surface area contributed by atoms with Crippen molar-refractivity contribution in [1.82, 2.24) is 10.0 Å². The Balaban J connectivity index is 2.10. The Bertz CT molecular complexity index is 1010. The molecule has 0 radical (unpaired) electrons. The summed E-state index contributed by atoms with van der Waals surface area (Å²) < 4.78 is 0.984. The first-order chi connectivity index (χ1) is 12.6. The van der Waals surface area contributed by atoms with E-state index in [4.69, 9.17) is 4.84 Å². The number of nitrogens with one attached hydrogen (secondary N) is 1. The maximum atomic E-state index is 12.8. The molecule has 0 aliphatic heterocycles. The van der Waals surface area contributed by atoms with Gasteiger partial charge in [0.1, 0.15) is 24.2 Å². The van der Waals surface area contributed by atoms with E-state index < -0.39 is 22.8 Å². The summed E-state index contributed by atoms with van der Waals surface area (Å²) in [6.07, 6.45) is 0.487. The predicted molar refractivity (Wildman–Crippen MR) is 95.0 cm³/mol. The summed E-state index contributed by atoms with van der Waals surface area (Å²) in [7, 11) is 0. The van der Waals surface area contributed by atoms with E-state index in [1.54, 1.807) is 24.3 Å². The second kappa shape index (κ2) is 7.52. The summed E-state index contributed by atoms with van der Waals surface area (Å²) >= 11 is 0. The predicted octanol–water partition coefficient (Wildman–Crippen LogP) is 1.26. The summed E-state index contributed by atoms with van der Waals surface area (Å²) in [5, 5.41) is 12.9. The molecule has 1 aromatic heterocycles. The fraction of sp³-hybridized carbons (Fsp3) is 0.105. The van der Waals surface area contributed by atoms with Crippen molar-refractivity contribution in [3.8, 4) is 5.75 Å². The molecule has 2 N–H and O–H groups in total. The number of amides is 1. The van der Waals surface area contributed by atoms with E-state index in [-0.39, 0.29) is 18.5 Å². The van der Waals surface area contributed by atoms with Crippen LogP contribution in [0.25, 0.3) is 10.9 Å². The molecule has 0 aliphatic rings. The van der Waals surface area contributed by atoms with Crippen LogP contribution in [0.5, 0.6) is 5.75 Å². The van der Waals surface area contributed by atoms with Gasteiger partial charge in [0.05, 0.1) is 12.1 Å². The number of fused-ring (bicyclic) bond motifs is 1. The number of aromatic nitrogens is 1. The fourth-order valence-corrected chi connectivity index (χ4v) is 2.57. The zero-order chi connectivity index (χ0) is 18.5. The molecule has 0 aliphatic carbocycles. The molecule has 0 bridgehead atoms. The molecule has 7 heteroatoms. The average molecular weight is 352 g/mol. The summed E-state index contributed by atoms with van der Waals surface area (Å²) in [4.78, 5) is 41.1. The number of hydrogen-bond donors (Lipinski definition) is 2. The molecule has 0 saturated heterocycles. The van der Waals surface area contributed by atoms with Crippen LogP contribution < -0.4 is 15.7 Å². The zero-order valence-corrected chi connectivity index (χ0v) is 13.7. The molecule has 0 saturated carbocycles. The van der Waals surface area contributed by atoms with E-state index in [1.807, 2.05) is 30.3 Å². The Morgan fingerprint density at radius 3 is 2.54 bits per heavy atom. The number of para-hydroxylation sites is 1. The maximum absolute atomic E-state index is 12.8. The van der Waals surface area contributed by atoms with Gasteiger partial charge in [-0.1, -0.05) is 42.5 Å². The van der Waals surface area contributed by atoms with Crippen LogP contribution >= 0.6 is 0 Å². The van der Waals surface area contributed by atoms with Gasteiger partial charge in [-0.05, 0) is 17.7 Å². The highest BCUT2D eigenvalue weighted by atomic mass is 16.7. The molecule has 1 amide bonds. The van der Waals surface area contributed by atoms with Crippen LogP contribution in [-0.2, 0) is 11.4 Å². The maximum Gasteiger partial charge on any atom is 0.300 e. The number of carbonyl (C=O) groups excluding carboxylic acids is 2. The lowest BCUT2D eigenvalue weighted by molar-refractivity contribution is -0.107. The van der Waals surface area contributed by atoms with Crippen molar-refractivity contribution in [3.05, 3.63) is 76.1 Å². The van der Waals surface area contributed by atoms with Crippen molar-refractivity contribution in [2.45, 2.75) is 6.61 Å². The highest BCUT2D eigenvalue weighted by molar-refractivity contribution is 6.02. The molecular weight excluding hydrogens is 336 g/mol. The summed E-state index contributed by atoms with van der Waals surface area (Å²) in [5.74, 6) is -1.30. The lowest BCUT2D eigenvalue weighted by Gasteiger charge is -2.15. The molecule has 3 aromatic rings. The van der Waals surface area contributed by atoms with Gasteiger partial charge in [-0.2, -0.15) is 0 Å². The SMILES string of the molecule is O=CCNC(=O)c1c(O)c2ccccc2n(OCc2ccccc2)c1=O. The van der Waals surface area contributed by atoms with E-state index in [0.29, 0.717) is 11.8 Å². The van der Waals surface area contributed by atoms with Crippen molar-refractivity contribution in [2.75, 3.05) is 6.54 Å². The smallest absolute Gasteiger partial charge is 0.300 e. The molecule has 132 valence electrons. The Morgan fingerprint density at radius 2 is 1.81 bits per heavy atom. The van der Waals surface area contributed by atoms with Crippen molar-refractivity contribution < 1.29 is 19.5 Å². The van der Waals surface area contributed by atoms with E-state index in [1.165, 1.54) is 0 Å². The molecule has 3 rings (SSSR count). The number of benzene rings is 2. The average Bonchev–Trinajstić information content (AvgIpc) is 2.67. The Morgan fingerprint density at radius 1 is 1.12 bits per heavy atom. The number of carbonyl (C=O) groups is 2. The molecular formula is C19H16N2O5. The lowest BCUT2D eigenvalue weighted by atomic mass is 10.1. The minimum atomic E-state index is -0.845.